The maximum atomic E-state index is 13.4. The van der Waals surface area contributed by atoms with Crippen molar-refractivity contribution in [2.45, 2.75) is 6.54 Å². The fourth-order valence-corrected chi connectivity index (χ4v) is 3.62. The number of pyridine rings is 1. The first-order chi connectivity index (χ1) is 13.1. The number of para-hydroxylation sites is 1. The molecule has 1 amide bonds. The van der Waals surface area contributed by atoms with Gasteiger partial charge in [-0.3, -0.25) is 14.9 Å². The molecule has 0 saturated carbocycles. The van der Waals surface area contributed by atoms with Crippen molar-refractivity contribution in [3.05, 3.63) is 94.2 Å². The normalized spacial score (nSPS) is 10.9. The number of benzene rings is 2. The van der Waals surface area contributed by atoms with E-state index in [1.54, 1.807) is 24.4 Å². The minimum absolute atomic E-state index is 0.00755. The van der Waals surface area contributed by atoms with Gasteiger partial charge in [-0.05, 0) is 42.0 Å². The fraction of sp³-hybridized carbons (Fsp3) is 0.0500. The molecule has 27 heavy (non-hydrogen) atoms. The molecule has 2 aromatic heterocycles. The second-order valence-corrected chi connectivity index (χ2v) is 6.96. The van der Waals surface area contributed by atoms with E-state index in [0.717, 1.165) is 10.2 Å². The molecule has 0 fully saturated rings. The van der Waals surface area contributed by atoms with Crippen molar-refractivity contribution in [2.75, 3.05) is 5.32 Å². The Morgan fingerprint density at radius 3 is 2.78 bits per heavy atom. The molecule has 5 nitrogen and oxygen atoms in total. The molecule has 2 heterocycles. The Morgan fingerprint density at radius 2 is 1.96 bits per heavy atom. The summed E-state index contributed by atoms with van der Waals surface area (Å²) in [5.41, 5.74) is 0.990. The van der Waals surface area contributed by atoms with Crippen molar-refractivity contribution in [1.82, 2.24) is 9.55 Å². The number of carbonyl (C=O) groups is 1. The Labute approximate surface area is 157 Å². The van der Waals surface area contributed by atoms with Crippen molar-refractivity contribution in [1.29, 1.82) is 0 Å². The molecule has 2 aromatic carbocycles. The van der Waals surface area contributed by atoms with Crippen LogP contribution in [-0.2, 0) is 6.54 Å². The molecule has 0 atom stereocenters. The average molecular weight is 379 g/mol. The number of nitrogens with zero attached hydrogens (tertiary/aromatic N) is 2. The molecule has 4 aromatic rings. The van der Waals surface area contributed by atoms with Crippen molar-refractivity contribution >= 4 is 32.6 Å². The second-order valence-electron chi connectivity index (χ2n) is 5.93. The highest BCUT2D eigenvalue weighted by Crippen LogP contribution is 2.25. The SMILES string of the molecule is O=C(Nc1nc2ccccc2s1)c1cccn(Cc2cccc(F)c2)c1=O. The molecule has 0 aliphatic rings. The monoisotopic (exact) mass is 379 g/mol. The van der Waals surface area contributed by atoms with E-state index in [4.69, 9.17) is 0 Å². The molecular weight excluding hydrogens is 365 g/mol. The first-order valence-corrected chi connectivity index (χ1v) is 9.02. The van der Waals surface area contributed by atoms with Gasteiger partial charge in [0.1, 0.15) is 11.4 Å². The number of anilines is 1. The zero-order valence-electron chi connectivity index (χ0n) is 14.1. The van der Waals surface area contributed by atoms with Crippen LogP contribution in [0.2, 0.25) is 0 Å². The van der Waals surface area contributed by atoms with Gasteiger partial charge in [-0.15, -0.1) is 0 Å². The second kappa shape index (κ2) is 7.13. The van der Waals surface area contributed by atoms with Crippen LogP contribution in [-0.4, -0.2) is 15.5 Å². The molecular formula is C20H14FN3O2S. The van der Waals surface area contributed by atoms with Crippen molar-refractivity contribution < 1.29 is 9.18 Å². The van der Waals surface area contributed by atoms with E-state index in [-0.39, 0.29) is 17.9 Å². The number of hydrogen-bond acceptors (Lipinski definition) is 4. The van der Waals surface area contributed by atoms with Crippen LogP contribution in [0.4, 0.5) is 9.52 Å². The zero-order valence-corrected chi connectivity index (χ0v) is 14.9. The number of rotatable bonds is 4. The van der Waals surface area contributed by atoms with E-state index in [2.05, 4.69) is 10.3 Å². The van der Waals surface area contributed by atoms with Crippen molar-refractivity contribution in [3.63, 3.8) is 0 Å². The van der Waals surface area contributed by atoms with Gasteiger partial charge in [0.05, 0.1) is 16.8 Å². The summed E-state index contributed by atoms with van der Waals surface area (Å²) in [6.07, 6.45) is 1.57. The van der Waals surface area contributed by atoms with Crippen LogP contribution in [0, 0.1) is 5.82 Å². The van der Waals surface area contributed by atoms with E-state index >= 15 is 0 Å². The average Bonchev–Trinajstić information content (AvgIpc) is 3.05. The fourth-order valence-electron chi connectivity index (χ4n) is 2.76. The van der Waals surface area contributed by atoms with Gasteiger partial charge in [0.2, 0.25) is 0 Å². The molecule has 7 heteroatoms. The maximum Gasteiger partial charge on any atom is 0.263 e. The van der Waals surface area contributed by atoms with E-state index in [0.29, 0.717) is 10.7 Å². The van der Waals surface area contributed by atoms with Crippen molar-refractivity contribution in [2.24, 2.45) is 0 Å². The predicted octanol–water partition coefficient (Wildman–Crippen LogP) is 3.90. The summed E-state index contributed by atoms with van der Waals surface area (Å²) < 4.78 is 15.7. The predicted molar refractivity (Wildman–Crippen MR) is 104 cm³/mol. The lowest BCUT2D eigenvalue weighted by Gasteiger charge is -2.08. The number of aromatic nitrogens is 2. The van der Waals surface area contributed by atoms with Gasteiger partial charge in [-0.25, -0.2) is 9.37 Å². The van der Waals surface area contributed by atoms with Crippen LogP contribution >= 0.6 is 11.3 Å². The first kappa shape index (κ1) is 17.1. The third kappa shape index (κ3) is 3.63. The maximum absolute atomic E-state index is 13.4. The van der Waals surface area contributed by atoms with Gasteiger partial charge in [-0.2, -0.15) is 0 Å². The minimum Gasteiger partial charge on any atom is -0.310 e. The third-order valence-electron chi connectivity index (χ3n) is 4.02. The highest BCUT2D eigenvalue weighted by Gasteiger charge is 2.14. The van der Waals surface area contributed by atoms with Gasteiger partial charge in [0.25, 0.3) is 11.5 Å². The number of fused-ring (bicyclic) bond motifs is 1. The van der Waals surface area contributed by atoms with Crippen LogP contribution < -0.4 is 10.9 Å². The van der Waals surface area contributed by atoms with E-state index in [9.17, 15) is 14.0 Å². The molecule has 1 N–H and O–H groups in total. The van der Waals surface area contributed by atoms with E-state index in [1.165, 1.54) is 34.1 Å². The molecule has 4 rings (SSSR count). The quantitative estimate of drug-likeness (QED) is 0.585. The van der Waals surface area contributed by atoms with Gasteiger partial charge in [-0.1, -0.05) is 35.6 Å². The highest BCUT2D eigenvalue weighted by molar-refractivity contribution is 7.22. The van der Waals surface area contributed by atoms with Crippen molar-refractivity contribution in [3.8, 4) is 0 Å². The first-order valence-electron chi connectivity index (χ1n) is 8.21. The number of hydrogen-bond donors (Lipinski definition) is 1. The smallest absolute Gasteiger partial charge is 0.263 e. The number of nitrogens with one attached hydrogen (secondary N) is 1. The van der Waals surface area contributed by atoms with Crippen LogP contribution in [0.25, 0.3) is 10.2 Å². The van der Waals surface area contributed by atoms with Gasteiger partial charge in [0, 0.05) is 6.20 Å². The van der Waals surface area contributed by atoms with Crippen LogP contribution in [0.3, 0.4) is 0 Å². The number of halogens is 1. The lowest BCUT2D eigenvalue weighted by molar-refractivity contribution is 0.102. The van der Waals surface area contributed by atoms with Gasteiger partial charge >= 0.3 is 0 Å². The van der Waals surface area contributed by atoms with Gasteiger partial charge < -0.3 is 4.57 Å². The van der Waals surface area contributed by atoms with E-state index in [1.807, 2.05) is 24.3 Å². The Kier molecular flexibility index (Phi) is 4.52. The topological polar surface area (TPSA) is 64.0 Å². The largest absolute Gasteiger partial charge is 0.310 e. The number of carbonyl (C=O) groups excluding carboxylic acids is 1. The molecule has 0 aliphatic heterocycles. The summed E-state index contributed by atoms with van der Waals surface area (Å²) in [5, 5.41) is 3.12. The Hall–Kier alpha value is -3.32. The van der Waals surface area contributed by atoms with Gasteiger partial charge in [0.15, 0.2) is 5.13 Å². The number of amides is 1. The lowest BCUT2D eigenvalue weighted by atomic mass is 10.2. The molecule has 0 unspecified atom stereocenters. The molecule has 0 aliphatic carbocycles. The Morgan fingerprint density at radius 1 is 1.11 bits per heavy atom. The molecule has 0 radical (unpaired) electrons. The summed E-state index contributed by atoms with van der Waals surface area (Å²) in [5.74, 6) is -0.891. The molecule has 0 spiro atoms. The summed E-state index contributed by atoms with van der Waals surface area (Å²) >= 11 is 1.34. The van der Waals surface area contributed by atoms with Crippen LogP contribution in [0.1, 0.15) is 15.9 Å². The Balaban J connectivity index is 1.59. The molecule has 134 valence electrons. The number of thiazole rings is 1. The summed E-state index contributed by atoms with van der Waals surface area (Å²) in [6, 6.07) is 16.6. The minimum atomic E-state index is -0.521. The summed E-state index contributed by atoms with van der Waals surface area (Å²) in [4.78, 5) is 29.5. The molecule has 0 saturated heterocycles. The standard InChI is InChI=1S/C20H14FN3O2S/c21-14-6-3-5-13(11-14)12-24-10-4-7-15(19(24)26)18(25)23-20-22-16-8-1-2-9-17(16)27-20/h1-11H,12H2,(H,22,23,25). The summed E-state index contributed by atoms with van der Waals surface area (Å²) in [7, 11) is 0. The van der Waals surface area contributed by atoms with Crippen LogP contribution in [0.5, 0.6) is 0 Å². The van der Waals surface area contributed by atoms with E-state index < -0.39 is 11.5 Å². The third-order valence-corrected chi connectivity index (χ3v) is 4.97. The zero-order chi connectivity index (χ0) is 18.8. The van der Waals surface area contributed by atoms with Crippen LogP contribution in [0.15, 0.2) is 71.7 Å². The Bertz CT molecular complexity index is 1170. The highest BCUT2D eigenvalue weighted by atomic mass is 32.1. The molecule has 0 bridgehead atoms. The lowest BCUT2D eigenvalue weighted by Crippen LogP contribution is -2.29. The summed E-state index contributed by atoms with van der Waals surface area (Å²) in [6.45, 7) is 0.179.